The molecule has 3 rings (SSSR count). The second kappa shape index (κ2) is 4.37. The second-order valence-electron chi connectivity index (χ2n) is 4.56. The maximum atomic E-state index is 11.9. The van der Waals surface area contributed by atoms with Gasteiger partial charge in [-0.25, -0.2) is 14.8 Å². The van der Waals surface area contributed by atoms with Crippen LogP contribution >= 0.6 is 0 Å². The van der Waals surface area contributed by atoms with Gasteiger partial charge >= 0.3 is 6.09 Å². The average molecular weight is 232 g/mol. The van der Waals surface area contributed by atoms with Crippen LogP contribution in [0, 0.1) is 0 Å². The number of hydrazine groups is 1. The summed E-state index contributed by atoms with van der Waals surface area (Å²) in [4.78, 5) is 11.9. The Balaban J connectivity index is 1.54. The van der Waals surface area contributed by atoms with Crippen LogP contribution in [0.25, 0.3) is 0 Å². The van der Waals surface area contributed by atoms with Crippen LogP contribution in [0.1, 0.15) is 18.4 Å². The molecule has 4 heteroatoms. The molecule has 0 spiro atoms. The zero-order chi connectivity index (χ0) is 11.7. The summed E-state index contributed by atoms with van der Waals surface area (Å²) in [7, 11) is 0. The van der Waals surface area contributed by atoms with Crippen molar-refractivity contribution in [2.75, 3.05) is 13.1 Å². The lowest BCUT2D eigenvalue weighted by molar-refractivity contribution is -0.0536. The minimum Gasteiger partial charge on any atom is -0.444 e. The topological polar surface area (TPSA) is 32.8 Å². The average Bonchev–Trinajstić information content (AvgIpc) is 2.63. The summed E-state index contributed by atoms with van der Waals surface area (Å²) < 4.78 is 5.31. The predicted octanol–water partition coefficient (Wildman–Crippen LogP) is 2.02. The Morgan fingerprint density at radius 3 is 2.65 bits per heavy atom. The zero-order valence-electron chi connectivity index (χ0n) is 9.71. The van der Waals surface area contributed by atoms with E-state index in [9.17, 15) is 4.79 Å². The van der Waals surface area contributed by atoms with E-state index < -0.39 is 0 Å². The summed E-state index contributed by atoms with van der Waals surface area (Å²) in [5.74, 6) is 0. The molecular weight excluding hydrogens is 216 g/mol. The normalized spacial score (nSPS) is 23.1. The number of hydrogen-bond acceptors (Lipinski definition) is 3. The van der Waals surface area contributed by atoms with Crippen molar-refractivity contribution in [1.82, 2.24) is 10.0 Å². The molecule has 1 atom stereocenters. The van der Waals surface area contributed by atoms with Crippen LogP contribution in [0.3, 0.4) is 0 Å². The largest absolute Gasteiger partial charge is 0.444 e. The first-order valence-corrected chi connectivity index (χ1v) is 6.09. The SMILES string of the molecule is O=C(OCc1ccccc1)N1CCC2CCN21. The highest BCUT2D eigenvalue weighted by Crippen LogP contribution is 2.29. The van der Waals surface area contributed by atoms with Gasteiger partial charge in [-0.05, 0) is 18.4 Å². The van der Waals surface area contributed by atoms with Gasteiger partial charge < -0.3 is 4.74 Å². The summed E-state index contributed by atoms with van der Waals surface area (Å²) in [6.45, 7) is 2.15. The molecule has 2 heterocycles. The molecule has 4 nitrogen and oxygen atoms in total. The number of benzene rings is 1. The molecule has 0 saturated carbocycles. The van der Waals surface area contributed by atoms with Gasteiger partial charge in [0.2, 0.25) is 0 Å². The number of nitrogens with zero attached hydrogens (tertiary/aromatic N) is 2. The lowest BCUT2D eigenvalue weighted by atomic mass is 10.1. The Hall–Kier alpha value is -1.55. The molecule has 90 valence electrons. The molecule has 1 amide bonds. The van der Waals surface area contributed by atoms with Crippen molar-refractivity contribution in [3.63, 3.8) is 0 Å². The molecule has 17 heavy (non-hydrogen) atoms. The highest BCUT2D eigenvalue weighted by Gasteiger charge is 2.41. The molecule has 0 N–H and O–H groups in total. The third-order valence-electron chi connectivity index (χ3n) is 3.51. The summed E-state index contributed by atoms with van der Waals surface area (Å²) in [6.07, 6.45) is 2.08. The summed E-state index contributed by atoms with van der Waals surface area (Å²) >= 11 is 0. The molecule has 0 bridgehead atoms. The van der Waals surface area contributed by atoms with E-state index >= 15 is 0 Å². The minimum atomic E-state index is -0.212. The maximum absolute atomic E-state index is 11.9. The van der Waals surface area contributed by atoms with E-state index in [-0.39, 0.29) is 6.09 Å². The molecule has 1 unspecified atom stereocenters. The molecular formula is C13H16N2O2. The number of ether oxygens (including phenoxy) is 1. The lowest BCUT2D eigenvalue weighted by Gasteiger charge is -2.39. The smallest absolute Gasteiger partial charge is 0.424 e. The van der Waals surface area contributed by atoms with Crippen molar-refractivity contribution < 1.29 is 9.53 Å². The monoisotopic (exact) mass is 232 g/mol. The molecule has 0 aromatic heterocycles. The van der Waals surface area contributed by atoms with Gasteiger partial charge in [-0.1, -0.05) is 30.3 Å². The van der Waals surface area contributed by atoms with E-state index in [1.165, 1.54) is 6.42 Å². The molecule has 1 aromatic rings. The van der Waals surface area contributed by atoms with E-state index in [2.05, 4.69) is 5.01 Å². The van der Waals surface area contributed by atoms with E-state index in [1.54, 1.807) is 5.01 Å². The van der Waals surface area contributed by atoms with Crippen LogP contribution < -0.4 is 0 Å². The number of hydrogen-bond donors (Lipinski definition) is 0. The van der Waals surface area contributed by atoms with Gasteiger partial charge in [-0.3, -0.25) is 0 Å². The first-order valence-electron chi connectivity index (χ1n) is 6.09. The van der Waals surface area contributed by atoms with Crippen LogP contribution in [0.2, 0.25) is 0 Å². The van der Waals surface area contributed by atoms with Gasteiger partial charge in [-0.2, -0.15) is 0 Å². The molecule has 2 aliphatic heterocycles. The highest BCUT2D eigenvalue weighted by molar-refractivity contribution is 5.67. The Kier molecular flexibility index (Phi) is 2.73. The predicted molar refractivity (Wildman–Crippen MR) is 63.1 cm³/mol. The molecule has 2 fully saturated rings. The standard InChI is InChI=1S/C13H16N2O2/c16-13(15-9-7-12-6-8-14(12)15)17-10-11-4-2-1-3-5-11/h1-5,12H,6-10H2. The van der Waals surface area contributed by atoms with E-state index in [0.717, 1.165) is 25.1 Å². The van der Waals surface area contributed by atoms with Crippen molar-refractivity contribution in [3.8, 4) is 0 Å². The zero-order valence-corrected chi connectivity index (χ0v) is 9.71. The quantitative estimate of drug-likeness (QED) is 0.782. The van der Waals surface area contributed by atoms with E-state index in [1.807, 2.05) is 30.3 Å². The summed E-state index contributed by atoms with van der Waals surface area (Å²) in [5.41, 5.74) is 1.03. The summed E-state index contributed by atoms with van der Waals surface area (Å²) in [6, 6.07) is 10.4. The molecule has 0 aliphatic carbocycles. The van der Waals surface area contributed by atoms with Crippen LogP contribution in [0.15, 0.2) is 30.3 Å². The molecule has 0 radical (unpaired) electrons. The maximum Gasteiger partial charge on any atom is 0.424 e. The third kappa shape index (κ3) is 2.00. The van der Waals surface area contributed by atoms with Gasteiger partial charge in [0.15, 0.2) is 0 Å². The fraction of sp³-hybridized carbons (Fsp3) is 0.462. The van der Waals surface area contributed by atoms with Crippen molar-refractivity contribution in [2.24, 2.45) is 0 Å². The Morgan fingerprint density at radius 1 is 1.24 bits per heavy atom. The van der Waals surface area contributed by atoms with Gasteiger partial charge in [-0.15, -0.1) is 0 Å². The van der Waals surface area contributed by atoms with Gasteiger partial charge in [0, 0.05) is 19.1 Å². The van der Waals surface area contributed by atoms with Crippen molar-refractivity contribution >= 4 is 6.09 Å². The second-order valence-corrected chi connectivity index (χ2v) is 4.56. The van der Waals surface area contributed by atoms with Gasteiger partial charge in [0.25, 0.3) is 0 Å². The first kappa shape index (κ1) is 10.6. The van der Waals surface area contributed by atoms with Gasteiger partial charge in [0.05, 0.1) is 0 Å². The third-order valence-corrected chi connectivity index (χ3v) is 3.51. The number of carbonyl (C=O) groups excluding carboxylic acids is 1. The van der Waals surface area contributed by atoms with Crippen molar-refractivity contribution in [1.29, 1.82) is 0 Å². The number of rotatable bonds is 2. The fourth-order valence-electron chi connectivity index (χ4n) is 2.43. The Labute approximate surface area is 101 Å². The van der Waals surface area contributed by atoms with Crippen LogP contribution in [-0.4, -0.2) is 35.2 Å². The van der Waals surface area contributed by atoms with Crippen LogP contribution in [0.5, 0.6) is 0 Å². The first-order chi connectivity index (χ1) is 8.34. The lowest BCUT2D eigenvalue weighted by Crippen LogP contribution is -2.52. The van der Waals surface area contributed by atoms with Crippen molar-refractivity contribution in [3.05, 3.63) is 35.9 Å². The number of fused-ring (bicyclic) bond motifs is 1. The van der Waals surface area contributed by atoms with Crippen molar-refractivity contribution in [2.45, 2.75) is 25.5 Å². The Bertz CT molecular complexity index is 407. The fourth-order valence-corrected chi connectivity index (χ4v) is 2.43. The highest BCUT2D eigenvalue weighted by atomic mass is 16.6. The minimum absolute atomic E-state index is 0.212. The summed E-state index contributed by atoms with van der Waals surface area (Å²) in [5, 5.41) is 3.87. The Morgan fingerprint density at radius 2 is 2.00 bits per heavy atom. The number of amides is 1. The molecule has 2 aliphatic rings. The molecule has 2 saturated heterocycles. The van der Waals surface area contributed by atoms with Crippen LogP contribution in [0.4, 0.5) is 4.79 Å². The molecule has 1 aromatic carbocycles. The van der Waals surface area contributed by atoms with Crippen LogP contribution in [-0.2, 0) is 11.3 Å². The van der Waals surface area contributed by atoms with E-state index in [4.69, 9.17) is 4.74 Å². The number of carbonyl (C=O) groups is 1. The van der Waals surface area contributed by atoms with E-state index in [0.29, 0.717) is 12.6 Å². The van der Waals surface area contributed by atoms with Gasteiger partial charge in [0.1, 0.15) is 6.61 Å².